The van der Waals surface area contributed by atoms with Gasteiger partial charge >= 0.3 is 0 Å². The molecule has 1 amide bonds. The number of nitrogens with zero attached hydrogens (tertiary/aromatic N) is 1. The van der Waals surface area contributed by atoms with Crippen LogP contribution in [-0.2, 0) is 4.79 Å². The minimum atomic E-state index is -0.915. The van der Waals surface area contributed by atoms with Crippen LogP contribution in [0.4, 0.5) is 0 Å². The van der Waals surface area contributed by atoms with E-state index in [1.807, 2.05) is 19.1 Å². The first-order chi connectivity index (χ1) is 9.40. The zero-order chi connectivity index (χ0) is 14.9. The Kier molecular flexibility index (Phi) is 4.32. The third kappa shape index (κ3) is 2.95. The smallest absolute Gasteiger partial charge is 0.237 e. The van der Waals surface area contributed by atoms with Crippen molar-refractivity contribution in [2.75, 3.05) is 6.61 Å². The van der Waals surface area contributed by atoms with E-state index >= 15 is 0 Å². The van der Waals surface area contributed by atoms with Crippen molar-refractivity contribution in [2.24, 2.45) is 11.5 Å². The van der Waals surface area contributed by atoms with E-state index in [9.17, 15) is 4.79 Å². The maximum atomic E-state index is 10.9. The lowest BCUT2D eigenvalue weighted by Crippen LogP contribution is -2.41. The third-order valence-corrected chi connectivity index (χ3v) is 3.34. The highest BCUT2D eigenvalue weighted by Gasteiger charge is 2.16. The largest absolute Gasteiger partial charge is 0.488 e. The summed E-state index contributed by atoms with van der Waals surface area (Å²) in [6.45, 7) is 1.76. The van der Waals surface area contributed by atoms with Gasteiger partial charge in [-0.25, -0.2) is 4.98 Å². The number of halogens is 2. The van der Waals surface area contributed by atoms with Crippen LogP contribution in [0.5, 0.6) is 5.75 Å². The Morgan fingerprint density at radius 1 is 1.40 bits per heavy atom. The number of nitrogens with two attached hydrogens (primary N) is 2. The van der Waals surface area contributed by atoms with Crippen molar-refractivity contribution >= 4 is 40.0 Å². The van der Waals surface area contributed by atoms with Gasteiger partial charge < -0.3 is 16.2 Å². The predicted octanol–water partition coefficient (Wildman–Crippen LogP) is 2.04. The number of aryl methyl sites for hydroxylation is 1. The van der Waals surface area contributed by atoms with E-state index in [0.717, 1.165) is 5.69 Å². The van der Waals surface area contributed by atoms with Crippen molar-refractivity contribution in [1.29, 1.82) is 0 Å². The number of carbonyl (C=O) groups is 1. The van der Waals surface area contributed by atoms with Gasteiger partial charge in [0.1, 0.15) is 18.2 Å². The Labute approximate surface area is 125 Å². The minimum Gasteiger partial charge on any atom is -0.488 e. The van der Waals surface area contributed by atoms with Crippen LogP contribution in [0.25, 0.3) is 10.9 Å². The lowest BCUT2D eigenvalue weighted by Gasteiger charge is -2.14. The Balaban J connectivity index is 2.46. The van der Waals surface area contributed by atoms with Crippen molar-refractivity contribution in [3.8, 4) is 5.75 Å². The van der Waals surface area contributed by atoms with Crippen molar-refractivity contribution in [2.45, 2.75) is 13.0 Å². The molecule has 2 aromatic rings. The summed E-state index contributed by atoms with van der Waals surface area (Å²) < 4.78 is 5.50. The number of rotatable bonds is 4. The molecule has 1 unspecified atom stereocenters. The van der Waals surface area contributed by atoms with E-state index in [0.29, 0.717) is 26.7 Å². The molecule has 20 heavy (non-hydrogen) atoms. The van der Waals surface area contributed by atoms with Gasteiger partial charge in [0.15, 0.2) is 5.75 Å². The highest BCUT2D eigenvalue weighted by atomic mass is 35.5. The molecule has 0 aliphatic heterocycles. The first-order valence-corrected chi connectivity index (χ1v) is 6.58. The summed E-state index contributed by atoms with van der Waals surface area (Å²) >= 11 is 12.2. The summed E-state index contributed by atoms with van der Waals surface area (Å²) in [7, 11) is 0. The number of fused-ring (bicyclic) bond motifs is 1. The Morgan fingerprint density at radius 2 is 2.10 bits per heavy atom. The molecule has 0 spiro atoms. The van der Waals surface area contributed by atoms with E-state index in [1.54, 1.807) is 6.07 Å². The number of benzene rings is 1. The van der Waals surface area contributed by atoms with Crippen molar-refractivity contribution in [3.05, 3.63) is 33.9 Å². The van der Waals surface area contributed by atoms with Gasteiger partial charge in [-0.2, -0.15) is 0 Å². The number of primary amides is 1. The molecule has 0 bridgehead atoms. The number of hydrogen-bond donors (Lipinski definition) is 2. The highest BCUT2D eigenvalue weighted by Crippen LogP contribution is 2.37. The first kappa shape index (κ1) is 14.8. The topological polar surface area (TPSA) is 91.2 Å². The lowest BCUT2D eigenvalue weighted by molar-refractivity contribution is -0.119. The zero-order valence-corrected chi connectivity index (χ0v) is 12.2. The van der Waals surface area contributed by atoms with E-state index in [-0.39, 0.29) is 6.61 Å². The van der Waals surface area contributed by atoms with E-state index < -0.39 is 11.9 Å². The summed E-state index contributed by atoms with van der Waals surface area (Å²) in [4.78, 5) is 15.3. The number of hydrogen-bond acceptors (Lipinski definition) is 4. The predicted molar refractivity (Wildman–Crippen MR) is 79.2 cm³/mol. The van der Waals surface area contributed by atoms with Crippen LogP contribution in [0.1, 0.15) is 5.69 Å². The lowest BCUT2D eigenvalue weighted by atomic mass is 10.2. The molecule has 7 heteroatoms. The highest BCUT2D eigenvalue weighted by molar-refractivity contribution is 6.39. The van der Waals surface area contributed by atoms with Gasteiger partial charge in [-0.05, 0) is 25.1 Å². The summed E-state index contributed by atoms with van der Waals surface area (Å²) in [5.74, 6) is -0.310. The molecule has 0 fully saturated rings. The fraction of sp³-hybridized carbons (Fsp3) is 0.231. The average Bonchev–Trinajstić information content (AvgIpc) is 2.37. The number of aromatic nitrogens is 1. The van der Waals surface area contributed by atoms with Crippen LogP contribution in [0.15, 0.2) is 18.2 Å². The molecular weight excluding hydrogens is 301 g/mol. The average molecular weight is 314 g/mol. The van der Waals surface area contributed by atoms with E-state index in [4.69, 9.17) is 39.4 Å². The number of pyridine rings is 1. The second-order valence-corrected chi connectivity index (χ2v) is 5.15. The van der Waals surface area contributed by atoms with Gasteiger partial charge in [0.25, 0.3) is 0 Å². The van der Waals surface area contributed by atoms with Crippen LogP contribution in [0, 0.1) is 6.92 Å². The van der Waals surface area contributed by atoms with Crippen LogP contribution in [0.2, 0.25) is 10.0 Å². The Morgan fingerprint density at radius 3 is 2.75 bits per heavy atom. The maximum absolute atomic E-state index is 10.9. The molecule has 106 valence electrons. The normalized spacial score (nSPS) is 12.4. The molecule has 0 saturated carbocycles. The molecule has 0 radical (unpaired) electrons. The molecular formula is C13H13Cl2N3O2. The minimum absolute atomic E-state index is 0.0819. The summed E-state index contributed by atoms with van der Waals surface area (Å²) in [5.41, 5.74) is 11.9. The van der Waals surface area contributed by atoms with Gasteiger partial charge in [-0.1, -0.05) is 23.2 Å². The van der Waals surface area contributed by atoms with E-state index in [1.165, 1.54) is 0 Å². The molecule has 5 nitrogen and oxygen atoms in total. The van der Waals surface area contributed by atoms with Gasteiger partial charge in [0, 0.05) is 11.1 Å². The number of amides is 1. The van der Waals surface area contributed by atoms with Crippen LogP contribution in [-0.4, -0.2) is 23.5 Å². The van der Waals surface area contributed by atoms with Crippen molar-refractivity contribution < 1.29 is 9.53 Å². The van der Waals surface area contributed by atoms with E-state index in [2.05, 4.69) is 4.98 Å². The molecule has 1 aromatic carbocycles. The summed E-state index contributed by atoms with van der Waals surface area (Å²) in [6, 6.07) is 4.31. The number of carbonyl (C=O) groups excluding carboxylic acids is 1. The fourth-order valence-corrected chi connectivity index (χ4v) is 2.25. The molecule has 0 saturated heterocycles. The third-order valence-electron chi connectivity index (χ3n) is 2.75. The quantitative estimate of drug-likeness (QED) is 0.903. The first-order valence-electron chi connectivity index (χ1n) is 5.83. The second-order valence-electron chi connectivity index (χ2n) is 4.34. The van der Waals surface area contributed by atoms with Crippen molar-refractivity contribution in [1.82, 2.24) is 4.98 Å². The summed E-state index contributed by atoms with van der Waals surface area (Å²) in [6.07, 6.45) is 0. The molecule has 2 rings (SSSR count). The zero-order valence-electron chi connectivity index (χ0n) is 10.7. The molecule has 1 heterocycles. The summed E-state index contributed by atoms with van der Waals surface area (Å²) in [5, 5.41) is 1.49. The molecule has 0 aliphatic rings. The Hall–Kier alpha value is -1.56. The van der Waals surface area contributed by atoms with Crippen LogP contribution >= 0.6 is 23.2 Å². The van der Waals surface area contributed by atoms with Crippen molar-refractivity contribution in [3.63, 3.8) is 0 Å². The monoisotopic (exact) mass is 313 g/mol. The van der Waals surface area contributed by atoms with Crippen LogP contribution in [0.3, 0.4) is 0 Å². The molecule has 4 N–H and O–H groups in total. The van der Waals surface area contributed by atoms with Gasteiger partial charge in [-0.15, -0.1) is 0 Å². The fourth-order valence-electron chi connectivity index (χ4n) is 1.68. The standard InChI is InChI=1S/C13H13Cl2N3O2/c1-6-2-3-7-8(14)4-9(15)12(11(7)18-6)20-5-10(16)13(17)19/h2-4,10H,5,16H2,1H3,(H2,17,19). The number of ether oxygens (including phenoxy) is 1. The SMILES string of the molecule is Cc1ccc2c(Cl)cc(Cl)c(OCC(N)C(N)=O)c2n1. The second kappa shape index (κ2) is 5.83. The van der Waals surface area contributed by atoms with Crippen LogP contribution < -0.4 is 16.2 Å². The molecule has 1 atom stereocenters. The molecule has 0 aliphatic carbocycles. The Bertz CT molecular complexity index is 676. The van der Waals surface area contributed by atoms with Gasteiger partial charge in [-0.3, -0.25) is 4.79 Å². The van der Waals surface area contributed by atoms with Gasteiger partial charge in [0.2, 0.25) is 5.91 Å². The van der Waals surface area contributed by atoms with Gasteiger partial charge in [0.05, 0.1) is 10.0 Å². The maximum Gasteiger partial charge on any atom is 0.237 e. The molecule has 1 aromatic heterocycles.